The van der Waals surface area contributed by atoms with E-state index in [1.54, 1.807) is 6.07 Å². The van der Waals surface area contributed by atoms with Gasteiger partial charge in [-0.1, -0.05) is 0 Å². The third-order valence-corrected chi connectivity index (χ3v) is 11.4. The third kappa shape index (κ3) is 4.40. The van der Waals surface area contributed by atoms with Crippen molar-refractivity contribution in [3.63, 3.8) is 0 Å². The molecule has 0 aromatic carbocycles. The first-order chi connectivity index (χ1) is 19.5. The molecule has 214 valence electrons. The summed E-state index contributed by atoms with van der Waals surface area (Å²) < 4.78 is 15.6. The van der Waals surface area contributed by atoms with E-state index < -0.39 is 11.4 Å². The molecule has 13 nitrogen and oxygen atoms in total. The van der Waals surface area contributed by atoms with E-state index in [0.29, 0.717) is 54.5 Å². The van der Waals surface area contributed by atoms with E-state index in [0.717, 1.165) is 64.1 Å². The van der Waals surface area contributed by atoms with E-state index in [4.69, 9.17) is 15.2 Å². The number of H-pyrrole nitrogens is 1. The number of hydrogen-bond acceptors (Lipinski definition) is 12. The number of aromatic amines is 1. The van der Waals surface area contributed by atoms with Crippen molar-refractivity contribution in [2.24, 2.45) is 5.92 Å². The van der Waals surface area contributed by atoms with Gasteiger partial charge < -0.3 is 30.1 Å². The third-order valence-electron chi connectivity index (χ3n) is 9.42. The lowest BCUT2D eigenvalue weighted by Crippen LogP contribution is -2.74. The first-order valence-corrected chi connectivity index (χ1v) is 15.4. The summed E-state index contributed by atoms with van der Waals surface area (Å²) in [5.74, 6) is 2.87. The average Bonchev–Trinajstić information content (AvgIpc) is 3.54. The fourth-order valence-corrected chi connectivity index (χ4v) is 9.52. The van der Waals surface area contributed by atoms with Gasteiger partial charge in [0.15, 0.2) is 5.82 Å². The van der Waals surface area contributed by atoms with Crippen LogP contribution < -0.4 is 20.4 Å². The molecule has 40 heavy (non-hydrogen) atoms. The maximum Gasteiger partial charge on any atom is 0.229 e. The molecule has 0 saturated carbocycles. The van der Waals surface area contributed by atoms with Gasteiger partial charge in [0.05, 0.1) is 48.7 Å². The van der Waals surface area contributed by atoms with Gasteiger partial charge >= 0.3 is 0 Å². The van der Waals surface area contributed by atoms with Gasteiger partial charge in [0.1, 0.15) is 11.6 Å². The molecule has 0 radical (unpaired) electrons. The summed E-state index contributed by atoms with van der Waals surface area (Å²) >= 11 is -1.05. The maximum atomic E-state index is 13.6. The van der Waals surface area contributed by atoms with E-state index in [9.17, 15) is 9.66 Å². The molecule has 0 bridgehead atoms. The quantitative estimate of drug-likeness (QED) is 0.328. The monoisotopic (exact) mass is 567 g/mol. The van der Waals surface area contributed by atoms with Crippen LogP contribution in [-0.4, -0.2) is 108 Å². The highest BCUT2D eigenvalue weighted by molar-refractivity contribution is 7.90. The van der Waals surface area contributed by atoms with E-state index in [1.807, 2.05) is 10.4 Å². The first kappa shape index (κ1) is 26.2. The second kappa shape index (κ2) is 10.3. The molecule has 2 aromatic heterocycles. The van der Waals surface area contributed by atoms with Crippen LogP contribution in [-0.2, 0) is 18.0 Å². The molecule has 5 atom stereocenters. The SMILES string of the molecule is CN(c1nc(Nc2cc(CO)[nH]n2)cc(N2CCNCC2)n1)C1CC2CCC3([S+]([O-])N4CC(C#N)C4)CC(C1)N23. The van der Waals surface area contributed by atoms with Crippen LogP contribution in [0.3, 0.4) is 0 Å². The molecular weight excluding hydrogens is 530 g/mol. The molecule has 5 aliphatic rings. The van der Waals surface area contributed by atoms with Crippen molar-refractivity contribution in [2.45, 2.75) is 61.7 Å². The number of rotatable bonds is 8. The molecule has 5 aliphatic heterocycles. The largest absolute Gasteiger partial charge is 0.596 e. The number of piperazine rings is 1. The Morgan fingerprint density at radius 3 is 2.77 bits per heavy atom. The Labute approximate surface area is 237 Å². The van der Waals surface area contributed by atoms with Crippen molar-refractivity contribution in [1.82, 2.24) is 34.7 Å². The number of aliphatic hydroxyl groups is 1. The molecule has 7 heterocycles. The van der Waals surface area contributed by atoms with Gasteiger partial charge in [-0.25, -0.2) is 4.90 Å². The summed E-state index contributed by atoms with van der Waals surface area (Å²) in [4.78, 5) is 16.8. The van der Waals surface area contributed by atoms with Gasteiger partial charge in [0.2, 0.25) is 10.8 Å². The number of aliphatic hydroxyl groups excluding tert-OH is 1. The van der Waals surface area contributed by atoms with Crippen LogP contribution in [0.2, 0.25) is 0 Å². The van der Waals surface area contributed by atoms with Crippen LogP contribution in [0.4, 0.5) is 23.4 Å². The summed E-state index contributed by atoms with van der Waals surface area (Å²) in [5, 5.41) is 32.3. The summed E-state index contributed by atoms with van der Waals surface area (Å²) in [6, 6.07) is 7.17. The molecule has 14 heteroatoms. The lowest BCUT2D eigenvalue weighted by molar-refractivity contribution is -0.0501. The number of hydrogen-bond donors (Lipinski definition) is 4. The molecule has 5 fully saturated rings. The van der Waals surface area contributed by atoms with Crippen molar-refractivity contribution in [1.29, 1.82) is 5.26 Å². The second-order valence-corrected chi connectivity index (χ2v) is 13.5. The Bertz CT molecular complexity index is 1280. The average molecular weight is 568 g/mol. The highest BCUT2D eigenvalue weighted by atomic mass is 32.2. The number of anilines is 4. The molecular formula is C26H37N11O2S. The Balaban J connectivity index is 1.09. The van der Waals surface area contributed by atoms with Gasteiger partial charge in [0, 0.05) is 76.3 Å². The number of aromatic nitrogens is 4. The van der Waals surface area contributed by atoms with Crippen molar-refractivity contribution in [3.8, 4) is 6.07 Å². The van der Waals surface area contributed by atoms with Crippen LogP contribution in [0, 0.1) is 17.2 Å². The number of piperidine rings is 1. The summed E-state index contributed by atoms with van der Waals surface area (Å²) in [7, 11) is 2.10. The second-order valence-electron chi connectivity index (χ2n) is 11.8. The van der Waals surface area contributed by atoms with E-state index >= 15 is 0 Å². The summed E-state index contributed by atoms with van der Waals surface area (Å²) in [5.41, 5.74) is 0.635. The Morgan fingerprint density at radius 1 is 1.23 bits per heavy atom. The molecule has 0 aliphatic carbocycles. The fourth-order valence-electron chi connectivity index (χ4n) is 7.30. The van der Waals surface area contributed by atoms with Crippen LogP contribution in [0.1, 0.15) is 37.8 Å². The van der Waals surface area contributed by atoms with Crippen LogP contribution in [0.5, 0.6) is 0 Å². The van der Waals surface area contributed by atoms with E-state index in [1.165, 1.54) is 0 Å². The van der Waals surface area contributed by atoms with Gasteiger partial charge in [0.25, 0.3) is 0 Å². The Hall–Kier alpha value is -2.67. The van der Waals surface area contributed by atoms with Crippen LogP contribution in [0.15, 0.2) is 12.1 Å². The molecule has 7 rings (SSSR count). The smallest absolute Gasteiger partial charge is 0.229 e. The van der Waals surface area contributed by atoms with E-state index in [2.05, 4.69) is 48.6 Å². The van der Waals surface area contributed by atoms with Crippen molar-refractivity contribution >= 4 is 34.8 Å². The summed E-state index contributed by atoms with van der Waals surface area (Å²) in [6.07, 6.45) is 4.97. The van der Waals surface area contributed by atoms with E-state index in [-0.39, 0.29) is 17.4 Å². The highest BCUT2D eigenvalue weighted by Gasteiger charge is 2.69. The van der Waals surface area contributed by atoms with Gasteiger partial charge in [-0.15, -0.1) is 4.31 Å². The van der Waals surface area contributed by atoms with Crippen LogP contribution in [0.25, 0.3) is 0 Å². The van der Waals surface area contributed by atoms with Gasteiger partial charge in [-0.3, -0.25) is 5.10 Å². The minimum Gasteiger partial charge on any atom is -0.596 e. The lowest BCUT2D eigenvalue weighted by Gasteiger charge is -2.60. The summed E-state index contributed by atoms with van der Waals surface area (Å²) in [6.45, 7) is 4.75. The normalized spacial score (nSPS) is 31.1. The lowest BCUT2D eigenvalue weighted by atomic mass is 9.82. The molecule has 0 amide bonds. The van der Waals surface area contributed by atoms with Crippen molar-refractivity contribution in [3.05, 3.63) is 17.8 Å². The Kier molecular flexibility index (Phi) is 6.76. The zero-order valence-corrected chi connectivity index (χ0v) is 23.6. The minimum atomic E-state index is -1.05. The van der Waals surface area contributed by atoms with Crippen molar-refractivity contribution in [2.75, 3.05) is 61.4 Å². The number of nitriles is 1. The predicted molar refractivity (Wildman–Crippen MR) is 151 cm³/mol. The zero-order valence-electron chi connectivity index (χ0n) is 22.8. The topological polar surface area (TPSA) is 159 Å². The van der Waals surface area contributed by atoms with Gasteiger partial charge in [-0.2, -0.15) is 20.3 Å². The molecule has 5 saturated heterocycles. The molecule has 4 N–H and O–H groups in total. The zero-order chi connectivity index (χ0) is 27.4. The molecule has 0 spiro atoms. The maximum absolute atomic E-state index is 13.6. The van der Waals surface area contributed by atoms with Gasteiger partial charge in [-0.05, 0) is 19.3 Å². The Morgan fingerprint density at radius 2 is 2.02 bits per heavy atom. The minimum absolute atomic E-state index is 0.0221. The first-order valence-electron chi connectivity index (χ1n) is 14.3. The molecule has 2 aromatic rings. The predicted octanol–water partition coefficient (Wildman–Crippen LogP) is 0.496. The fraction of sp³-hybridized carbons (Fsp3) is 0.692. The number of nitrogens with zero attached hydrogens (tertiary/aromatic N) is 8. The number of nitrogens with one attached hydrogen (secondary N) is 3. The standard InChI is InChI=1S/C26H37N11O2S/c1-34(20-9-19-2-3-26(12-21(10-20)37(19)26)40(39)36-14-17(13-27)15-36)25-30-22(29-23-8-18(16-38)32-33-23)11-24(31-25)35-6-4-28-5-7-35/h8,11,17,19-21,28,38H,2-7,9-10,12,14-16H2,1H3,(H2,29,30,31,32,33). The van der Waals surface area contributed by atoms with Crippen LogP contribution >= 0.6 is 0 Å². The highest BCUT2D eigenvalue weighted by Crippen LogP contribution is 2.57. The van der Waals surface area contributed by atoms with Crippen molar-refractivity contribution < 1.29 is 9.66 Å². The molecule has 5 unspecified atom stereocenters.